The van der Waals surface area contributed by atoms with Gasteiger partial charge in [0.1, 0.15) is 17.4 Å². The van der Waals surface area contributed by atoms with Crippen molar-refractivity contribution in [1.29, 1.82) is 0 Å². The number of hydrazone groups is 1. The molecule has 1 atom stereocenters. The highest BCUT2D eigenvalue weighted by Gasteiger charge is 2.29. The number of nitrogens with zero attached hydrogens (tertiary/aromatic N) is 1. The Morgan fingerprint density at radius 2 is 1.72 bits per heavy atom. The molecule has 2 rings (SSSR count). The molecule has 0 aliphatic rings. The second-order valence-corrected chi connectivity index (χ2v) is 7.11. The standard InChI is InChI=1S/C23H27N3O6/c1-15(2)21(22(28)25-17-8-10-18(30-3)11-9-17)23(29)26-24-13-16-6-5-7-19(12-16)32-14-20(27)31-4/h5-13,15,21H,14H2,1-4H3,(H,25,28)(H,26,29). The molecule has 2 N–H and O–H groups in total. The summed E-state index contributed by atoms with van der Waals surface area (Å²) in [4.78, 5) is 36.4. The van der Waals surface area contributed by atoms with E-state index in [2.05, 4.69) is 20.6 Å². The molecule has 9 heteroatoms. The lowest BCUT2D eigenvalue weighted by Crippen LogP contribution is -2.39. The van der Waals surface area contributed by atoms with Crippen molar-refractivity contribution in [3.05, 3.63) is 54.1 Å². The van der Waals surface area contributed by atoms with Crippen LogP contribution in [-0.4, -0.2) is 44.8 Å². The third kappa shape index (κ3) is 7.42. The predicted molar refractivity (Wildman–Crippen MR) is 120 cm³/mol. The maximum Gasteiger partial charge on any atom is 0.343 e. The maximum absolute atomic E-state index is 12.7. The molecule has 0 saturated heterocycles. The van der Waals surface area contributed by atoms with E-state index in [1.54, 1.807) is 69.5 Å². The molecular weight excluding hydrogens is 414 g/mol. The number of amides is 2. The number of carbonyl (C=O) groups is 3. The van der Waals surface area contributed by atoms with Crippen molar-refractivity contribution in [3.63, 3.8) is 0 Å². The molecule has 0 spiro atoms. The van der Waals surface area contributed by atoms with Crippen LogP contribution in [0.5, 0.6) is 11.5 Å². The number of esters is 1. The van der Waals surface area contributed by atoms with E-state index in [0.717, 1.165) is 0 Å². The summed E-state index contributed by atoms with van der Waals surface area (Å²) in [5.41, 5.74) is 3.60. The molecule has 2 aromatic carbocycles. The van der Waals surface area contributed by atoms with E-state index >= 15 is 0 Å². The lowest BCUT2D eigenvalue weighted by Gasteiger charge is -2.18. The zero-order chi connectivity index (χ0) is 23.5. The third-order valence-corrected chi connectivity index (χ3v) is 4.42. The molecule has 0 bridgehead atoms. The van der Waals surface area contributed by atoms with Crippen LogP contribution in [0.3, 0.4) is 0 Å². The highest BCUT2D eigenvalue weighted by atomic mass is 16.6. The highest BCUT2D eigenvalue weighted by Crippen LogP contribution is 2.18. The Labute approximate surface area is 186 Å². The van der Waals surface area contributed by atoms with Gasteiger partial charge in [-0.1, -0.05) is 26.0 Å². The first-order chi connectivity index (χ1) is 15.3. The number of rotatable bonds is 10. The van der Waals surface area contributed by atoms with Gasteiger partial charge >= 0.3 is 5.97 Å². The fourth-order valence-corrected chi connectivity index (χ4v) is 2.74. The predicted octanol–water partition coefficient (Wildman–Crippen LogP) is 2.61. The first kappa shape index (κ1) is 24.4. The summed E-state index contributed by atoms with van der Waals surface area (Å²) in [6.07, 6.45) is 1.42. The van der Waals surface area contributed by atoms with Crippen LogP contribution >= 0.6 is 0 Å². The quantitative estimate of drug-likeness (QED) is 0.253. The molecule has 170 valence electrons. The smallest absolute Gasteiger partial charge is 0.343 e. The Kier molecular flexibility index (Phi) is 9.22. The molecule has 2 aromatic rings. The minimum absolute atomic E-state index is 0.215. The molecule has 32 heavy (non-hydrogen) atoms. The van der Waals surface area contributed by atoms with E-state index in [-0.39, 0.29) is 12.5 Å². The third-order valence-electron chi connectivity index (χ3n) is 4.42. The first-order valence-electron chi connectivity index (χ1n) is 9.91. The number of nitrogens with one attached hydrogen (secondary N) is 2. The van der Waals surface area contributed by atoms with Crippen molar-refractivity contribution in [2.45, 2.75) is 13.8 Å². The van der Waals surface area contributed by atoms with Gasteiger partial charge in [-0.3, -0.25) is 9.59 Å². The Hall–Kier alpha value is -3.88. The number of carbonyl (C=O) groups excluding carboxylic acids is 3. The molecule has 2 amide bonds. The van der Waals surface area contributed by atoms with Gasteiger partial charge in [0.25, 0.3) is 5.91 Å². The molecular formula is C23H27N3O6. The lowest BCUT2D eigenvalue weighted by molar-refractivity contribution is -0.143. The molecule has 0 aromatic heterocycles. The van der Waals surface area contributed by atoms with Crippen LogP contribution < -0.4 is 20.2 Å². The number of anilines is 1. The fraction of sp³-hybridized carbons (Fsp3) is 0.304. The largest absolute Gasteiger partial charge is 0.497 e. The average molecular weight is 441 g/mol. The second-order valence-electron chi connectivity index (χ2n) is 7.11. The number of hydrogen-bond donors (Lipinski definition) is 2. The molecule has 1 unspecified atom stereocenters. The Morgan fingerprint density at radius 3 is 2.34 bits per heavy atom. The van der Waals surface area contributed by atoms with Gasteiger partial charge in [0.05, 0.1) is 20.4 Å². The van der Waals surface area contributed by atoms with Gasteiger partial charge in [-0.15, -0.1) is 0 Å². The number of hydrogen-bond acceptors (Lipinski definition) is 7. The average Bonchev–Trinajstić information content (AvgIpc) is 2.78. The van der Waals surface area contributed by atoms with Crippen LogP contribution in [0, 0.1) is 11.8 Å². The molecule has 0 heterocycles. The summed E-state index contributed by atoms with van der Waals surface area (Å²) in [6.45, 7) is 3.35. The minimum Gasteiger partial charge on any atom is -0.497 e. The first-order valence-corrected chi connectivity index (χ1v) is 9.91. The molecule has 0 radical (unpaired) electrons. The van der Waals surface area contributed by atoms with Gasteiger partial charge < -0.3 is 19.5 Å². The minimum atomic E-state index is -0.941. The van der Waals surface area contributed by atoms with Crippen molar-refractivity contribution >= 4 is 29.7 Å². The topological polar surface area (TPSA) is 115 Å². The molecule has 0 fully saturated rings. The number of benzene rings is 2. The van der Waals surface area contributed by atoms with Crippen LogP contribution in [0.2, 0.25) is 0 Å². The van der Waals surface area contributed by atoms with E-state index in [1.165, 1.54) is 13.3 Å². The molecule has 0 aliphatic heterocycles. The second kappa shape index (κ2) is 12.1. The summed E-state index contributed by atoms with van der Waals surface area (Å²) < 4.78 is 14.9. The lowest BCUT2D eigenvalue weighted by atomic mass is 9.94. The molecule has 0 saturated carbocycles. The van der Waals surface area contributed by atoms with Crippen LogP contribution in [-0.2, 0) is 19.1 Å². The Bertz CT molecular complexity index is 956. The van der Waals surface area contributed by atoms with Gasteiger partial charge in [0, 0.05) is 5.69 Å². The van der Waals surface area contributed by atoms with Crippen molar-refractivity contribution in [2.75, 3.05) is 26.1 Å². The van der Waals surface area contributed by atoms with Gasteiger partial charge in [-0.25, -0.2) is 10.2 Å². The Balaban J connectivity index is 1.98. The van der Waals surface area contributed by atoms with Crippen molar-refractivity contribution in [3.8, 4) is 11.5 Å². The SMILES string of the molecule is COC(=O)COc1cccc(C=NNC(=O)C(C(=O)Nc2ccc(OC)cc2)C(C)C)c1. The van der Waals surface area contributed by atoms with Gasteiger partial charge in [-0.05, 0) is 47.9 Å². The summed E-state index contributed by atoms with van der Waals surface area (Å²) in [5.74, 6) is -1.54. The zero-order valence-electron chi connectivity index (χ0n) is 18.5. The van der Waals surface area contributed by atoms with Crippen LogP contribution in [0.4, 0.5) is 5.69 Å². The highest BCUT2D eigenvalue weighted by molar-refractivity contribution is 6.06. The normalized spacial score (nSPS) is 11.7. The van der Waals surface area contributed by atoms with Gasteiger partial charge in [0.2, 0.25) is 5.91 Å². The van der Waals surface area contributed by atoms with E-state index < -0.39 is 23.7 Å². The summed E-state index contributed by atoms with van der Waals surface area (Å²) in [6, 6.07) is 13.6. The molecule has 0 aliphatic carbocycles. The zero-order valence-corrected chi connectivity index (χ0v) is 18.5. The van der Waals surface area contributed by atoms with E-state index in [1.807, 2.05) is 0 Å². The fourth-order valence-electron chi connectivity index (χ4n) is 2.74. The van der Waals surface area contributed by atoms with Gasteiger partial charge in [-0.2, -0.15) is 5.10 Å². The van der Waals surface area contributed by atoms with E-state index in [0.29, 0.717) is 22.7 Å². The van der Waals surface area contributed by atoms with Gasteiger partial charge in [0.15, 0.2) is 6.61 Å². The summed E-state index contributed by atoms with van der Waals surface area (Å²) in [7, 11) is 2.83. The summed E-state index contributed by atoms with van der Waals surface area (Å²) >= 11 is 0. The number of ether oxygens (including phenoxy) is 3. The summed E-state index contributed by atoms with van der Waals surface area (Å²) in [5, 5.41) is 6.68. The monoisotopic (exact) mass is 441 g/mol. The van der Waals surface area contributed by atoms with Crippen molar-refractivity contribution in [2.24, 2.45) is 16.9 Å². The maximum atomic E-state index is 12.7. The van der Waals surface area contributed by atoms with Crippen molar-refractivity contribution < 1.29 is 28.6 Å². The van der Waals surface area contributed by atoms with E-state index in [9.17, 15) is 14.4 Å². The van der Waals surface area contributed by atoms with Crippen LogP contribution in [0.1, 0.15) is 19.4 Å². The van der Waals surface area contributed by atoms with Crippen LogP contribution in [0.25, 0.3) is 0 Å². The van der Waals surface area contributed by atoms with Crippen molar-refractivity contribution in [1.82, 2.24) is 5.43 Å². The van der Waals surface area contributed by atoms with E-state index in [4.69, 9.17) is 9.47 Å². The van der Waals surface area contributed by atoms with Crippen LogP contribution in [0.15, 0.2) is 53.6 Å². The Morgan fingerprint density at radius 1 is 1.00 bits per heavy atom. The molecule has 9 nitrogen and oxygen atoms in total. The number of methoxy groups -OCH3 is 2.